The Labute approximate surface area is 155 Å². The van der Waals surface area contributed by atoms with Gasteiger partial charge in [-0.15, -0.1) is 0 Å². The number of halogens is 4. The van der Waals surface area contributed by atoms with Crippen molar-refractivity contribution in [3.05, 3.63) is 41.5 Å². The number of nitrogens with zero attached hydrogens (tertiary/aromatic N) is 3. The SMILES string of the molecule is Cc1nc(NCC2CCN(C)CC2)ncc1-c1ccc(C(F)(F)F)cc1F. The van der Waals surface area contributed by atoms with Crippen LogP contribution in [0.15, 0.2) is 24.4 Å². The summed E-state index contributed by atoms with van der Waals surface area (Å²) in [6, 6.07) is 2.49. The lowest BCUT2D eigenvalue weighted by molar-refractivity contribution is -0.137. The van der Waals surface area contributed by atoms with E-state index in [1.54, 1.807) is 6.92 Å². The molecule has 1 aromatic carbocycles. The molecule has 2 aromatic rings. The molecule has 1 aliphatic rings. The number of aromatic nitrogens is 2. The molecule has 1 aliphatic heterocycles. The summed E-state index contributed by atoms with van der Waals surface area (Å²) >= 11 is 0. The lowest BCUT2D eigenvalue weighted by atomic mass is 9.97. The maximum atomic E-state index is 14.2. The zero-order valence-electron chi connectivity index (χ0n) is 15.3. The number of piperidine rings is 1. The topological polar surface area (TPSA) is 41.1 Å². The monoisotopic (exact) mass is 382 g/mol. The average Bonchev–Trinajstić information content (AvgIpc) is 2.61. The Morgan fingerprint density at radius 1 is 1.19 bits per heavy atom. The molecule has 8 heteroatoms. The molecule has 3 rings (SSSR count). The molecule has 0 radical (unpaired) electrons. The van der Waals surface area contributed by atoms with E-state index in [0.29, 0.717) is 29.2 Å². The minimum atomic E-state index is -4.58. The number of anilines is 1. The summed E-state index contributed by atoms with van der Waals surface area (Å²) in [7, 11) is 2.11. The number of alkyl halides is 3. The molecule has 1 saturated heterocycles. The third-order valence-corrected chi connectivity index (χ3v) is 4.95. The fourth-order valence-electron chi connectivity index (χ4n) is 3.23. The van der Waals surface area contributed by atoms with E-state index in [-0.39, 0.29) is 5.56 Å². The van der Waals surface area contributed by atoms with E-state index in [2.05, 4.69) is 27.2 Å². The second-order valence-corrected chi connectivity index (χ2v) is 7.01. The van der Waals surface area contributed by atoms with Gasteiger partial charge >= 0.3 is 6.18 Å². The van der Waals surface area contributed by atoms with Crippen LogP contribution in [0.4, 0.5) is 23.5 Å². The third-order valence-electron chi connectivity index (χ3n) is 4.95. The van der Waals surface area contributed by atoms with Crippen molar-refractivity contribution >= 4 is 5.95 Å². The summed E-state index contributed by atoms with van der Waals surface area (Å²) in [6.07, 6.45) is -0.910. The Bertz CT molecular complexity index is 799. The Hall–Kier alpha value is -2.22. The fourth-order valence-corrected chi connectivity index (χ4v) is 3.23. The molecule has 4 nitrogen and oxygen atoms in total. The minimum absolute atomic E-state index is 0.0577. The molecular formula is C19H22F4N4. The molecule has 0 unspecified atom stereocenters. The first-order chi connectivity index (χ1) is 12.7. The second-order valence-electron chi connectivity index (χ2n) is 7.01. The molecule has 0 saturated carbocycles. The first-order valence-electron chi connectivity index (χ1n) is 8.87. The van der Waals surface area contributed by atoms with E-state index in [9.17, 15) is 17.6 Å². The molecule has 146 valence electrons. The van der Waals surface area contributed by atoms with Gasteiger partial charge in [0.15, 0.2) is 0 Å². The van der Waals surface area contributed by atoms with Crippen LogP contribution >= 0.6 is 0 Å². The molecule has 1 fully saturated rings. The second kappa shape index (κ2) is 7.80. The van der Waals surface area contributed by atoms with Crippen molar-refractivity contribution in [1.29, 1.82) is 0 Å². The Morgan fingerprint density at radius 2 is 1.89 bits per heavy atom. The average molecular weight is 382 g/mol. The largest absolute Gasteiger partial charge is 0.416 e. The van der Waals surface area contributed by atoms with Crippen LogP contribution in [0.25, 0.3) is 11.1 Å². The van der Waals surface area contributed by atoms with Gasteiger partial charge in [0.05, 0.1) is 11.3 Å². The van der Waals surface area contributed by atoms with Gasteiger partial charge in [-0.05, 0) is 58.0 Å². The van der Waals surface area contributed by atoms with Gasteiger partial charge in [-0.1, -0.05) is 6.07 Å². The minimum Gasteiger partial charge on any atom is -0.354 e. The molecule has 27 heavy (non-hydrogen) atoms. The van der Waals surface area contributed by atoms with Crippen LogP contribution in [0.5, 0.6) is 0 Å². The maximum absolute atomic E-state index is 14.2. The molecule has 0 atom stereocenters. The zero-order chi connectivity index (χ0) is 19.6. The highest BCUT2D eigenvalue weighted by molar-refractivity contribution is 5.66. The molecule has 1 N–H and O–H groups in total. The summed E-state index contributed by atoms with van der Waals surface area (Å²) in [5.74, 6) is 0.0585. The summed E-state index contributed by atoms with van der Waals surface area (Å²) in [4.78, 5) is 10.8. The third kappa shape index (κ3) is 4.74. The molecule has 1 aromatic heterocycles. The van der Waals surface area contributed by atoms with Crippen molar-refractivity contribution in [3.63, 3.8) is 0 Å². The van der Waals surface area contributed by atoms with Gasteiger partial charge in [0.1, 0.15) is 5.82 Å². The van der Waals surface area contributed by atoms with Crippen molar-refractivity contribution in [2.75, 3.05) is 32.0 Å². The van der Waals surface area contributed by atoms with E-state index in [0.717, 1.165) is 44.6 Å². The van der Waals surface area contributed by atoms with Crippen molar-refractivity contribution in [2.24, 2.45) is 5.92 Å². The Balaban J connectivity index is 1.71. The first-order valence-corrected chi connectivity index (χ1v) is 8.87. The zero-order valence-corrected chi connectivity index (χ0v) is 15.3. The van der Waals surface area contributed by atoms with Crippen molar-refractivity contribution < 1.29 is 17.6 Å². The highest BCUT2D eigenvalue weighted by Gasteiger charge is 2.31. The number of hydrogen-bond donors (Lipinski definition) is 1. The van der Waals surface area contributed by atoms with Gasteiger partial charge in [-0.25, -0.2) is 14.4 Å². The van der Waals surface area contributed by atoms with Crippen LogP contribution in [-0.2, 0) is 6.18 Å². The van der Waals surface area contributed by atoms with Crippen LogP contribution < -0.4 is 5.32 Å². The smallest absolute Gasteiger partial charge is 0.354 e. The van der Waals surface area contributed by atoms with Gasteiger partial charge < -0.3 is 10.2 Å². The van der Waals surface area contributed by atoms with Crippen LogP contribution in [0.2, 0.25) is 0 Å². The highest BCUT2D eigenvalue weighted by atomic mass is 19.4. The number of nitrogens with one attached hydrogen (secondary N) is 1. The summed E-state index contributed by atoms with van der Waals surface area (Å²) in [5, 5.41) is 3.21. The van der Waals surface area contributed by atoms with Gasteiger partial charge in [-0.2, -0.15) is 13.2 Å². The predicted octanol–water partition coefficient (Wildman–Crippen LogP) is 4.36. The standard InChI is InChI=1S/C19H22F4N4/c1-12-16(15-4-3-14(9-17(15)20)19(21,22)23)11-25-18(26-12)24-10-13-5-7-27(2)8-6-13/h3-4,9,11,13H,5-8,10H2,1-2H3,(H,24,25,26). The maximum Gasteiger partial charge on any atom is 0.416 e. The van der Waals surface area contributed by atoms with Gasteiger partial charge in [0.2, 0.25) is 5.95 Å². The Kier molecular flexibility index (Phi) is 5.64. The molecule has 0 aliphatic carbocycles. The Morgan fingerprint density at radius 3 is 2.48 bits per heavy atom. The molecule has 0 amide bonds. The number of benzene rings is 1. The summed E-state index contributed by atoms with van der Waals surface area (Å²) in [5.41, 5.74) is -0.0679. The van der Waals surface area contributed by atoms with Crippen LogP contribution in [0.3, 0.4) is 0 Å². The highest BCUT2D eigenvalue weighted by Crippen LogP contribution is 2.33. The number of rotatable bonds is 4. The van der Waals surface area contributed by atoms with Crippen molar-refractivity contribution in [3.8, 4) is 11.1 Å². The summed E-state index contributed by atoms with van der Waals surface area (Å²) < 4.78 is 52.3. The molecule has 2 heterocycles. The molecule has 0 spiro atoms. The van der Waals surface area contributed by atoms with Gasteiger partial charge in [-0.3, -0.25) is 0 Å². The number of aryl methyl sites for hydroxylation is 1. The lowest BCUT2D eigenvalue weighted by Gasteiger charge is -2.28. The van der Waals surface area contributed by atoms with Gasteiger partial charge in [0.25, 0.3) is 0 Å². The van der Waals surface area contributed by atoms with Crippen LogP contribution in [0, 0.1) is 18.7 Å². The molecular weight excluding hydrogens is 360 g/mol. The van der Waals surface area contributed by atoms with Crippen LogP contribution in [0.1, 0.15) is 24.1 Å². The lowest BCUT2D eigenvalue weighted by Crippen LogP contribution is -2.33. The van der Waals surface area contributed by atoms with E-state index in [4.69, 9.17) is 0 Å². The van der Waals surface area contributed by atoms with Crippen LogP contribution in [-0.4, -0.2) is 41.5 Å². The fraction of sp³-hybridized carbons (Fsp3) is 0.474. The number of likely N-dealkylation sites (tertiary alicyclic amines) is 1. The van der Waals surface area contributed by atoms with Gasteiger partial charge in [0, 0.05) is 23.9 Å². The normalized spacial score (nSPS) is 16.5. The number of hydrogen-bond acceptors (Lipinski definition) is 4. The predicted molar refractivity (Wildman–Crippen MR) is 95.9 cm³/mol. The van der Waals surface area contributed by atoms with E-state index in [1.807, 2.05) is 0 Å². The van der Waals surface area contributed by atoms with Crippen molar-refractivity contribution in [2.45, 2.75) is 25.9 Å². The first kappa shape index (κ1) is 19.5. The summed E-state index contributed by atoms with van der Waals surface area (Å²) in [6.45, 7) is 4.59. The van der Waals surface area contributed by atoms with Crippen molar-refractivity contribution in [1.82, 2.24) is 14.9 Å². The van der Waals surface area contributed by atoms with E-state index < -0.39 is 17.6 Å². The molecule has 0 bridgehead atoms. The van der Waals surface area contributed by atoms with E-state index >= 15 is 0 Å². The quantitative estimate of drug-likeness (QED) is 0.798. The van der Waals surface area contributed by atoms with E-state index in [1.165, 1.54) is 6.20 Å².